The Balaban J connectivity index is 1.04. The first-order valence-corrected chi connectivity index (χ1v) is 19.3. The van der Waals surface area contributed by atoms with Gasteiger partial charge in [-0.3, -0.25) is 15.0 Å². The summed E-state index contributed by atoms with van der Waals surface area (Å²) in [6.07, 6.45) is 7.94. The fraction of sp³-hybridized carbons (Fsp3) is 0.295. The van der Waals surface area contributed by atoms with Crippen LogP contribution in [0.25, 0.3) is 16.5 Å². The van der Waals surface area contributed by atoms with Crippen molar-refractivity contribution in [2.75, 3.05) is 62.5 Å². The number of morpholine rings is 1. The number of carbonyl (C=O) groups excluding carboxylic acids is 2. The first kappa shape index (κ1) is 39.7. The third-order valence-corrected chi connectivity index (χ3v) is 9.81. The summed E-state index contributed by atoms with van der Waals surface area (Å²) < 4.78 is 18.8. The molecule has 3 amide bonds. The molecule has 0 unspecified atom stereocenters. The lowest BCUT2D eigenvalue weighted by molar-refractivity contribution is -0.117. The molecule has 7 rings (SSSR count). The average Bonchev–Trinajstić information content (AvgIpc) is 3.66. The number of anilines is 3. The molecule has 0 bridgehead atoms. The zero-order chi connectivity index (χ0) is 40.6. The average molecular weight is 784 g/mol. The van der Waals surface area contributed by atoms with Crippen molar-refractivity contribution in [3.8, 4) is 23.1 Å². The molecule has 14 heteroatoms. The van der Waals surface area contributed by atoms with E-state index in [0.29, 0.717) is 53.3 Å². The predicted molar refractivity (Wildman–Crippen MR) is 226 cm³/mol. The van der Waals surface area contributed by atoms with Gasteiger partial charge in [0, 0.05) is 78.4 Å². The number of ether oxygens (including phenoxy) is 3. The molecule has 2 aliphatic rings. The fourth-order valence-corrected chi connectivity index (χ4v) is 6.62. The lowest BCUT2D eigenvalue weighted by Crippen LogP contribution is -2.41. The molecule has 0 saturated carbocycles. The third kappa shape index (κ3) is 9.71. The molecule has 0 atom stereocenters. The molecule has 0 spiro atoms. The number of benzene rings is 3. The number of allylic oxidation sites excluding steroid dienone is 4. The zero-order valence-corrected chi connectivity index (χ0v) is 33.5. The highest BCUT2D eigenvalue weighted by atomic mass is 16.5. The van der Waals surface area contributed by atoms with Crippen LogP contribution in [0.15, 0.2) is 114 Å². The minimum atomic E-state index is -0.429. The van der Waals surface area contributed by atoms with Gasteiger partial charge in [0.05, 0.1) is 37.4 Å². The Hall–Kier alpha value is -6.51. The zero-order valence-electron chi connectivity index (χ0n) is 33.5. The normalized spacial score (nSPS) is 15.4. The molecule has 1 aliphatic heterocycles. The summed E-state index contributed by atoms with van der Waals surface area (Å²) in [5.41, 5.74) is 4.29. The Morgan fingerprint density at radius 1 is 0.948 bits per heavy atom. The molecule has 14 nitrogen and oxygen atoms in total. The second-order valence-corrected chi connectivity index (χ2v) is 15.0. The van der Waals surface area contributed by atoms with Gasteiger partial charge in [-0.25, -0.2) is 14.5 Å². The number of fused-ring (bicyclic) bond motifs is 1. The van der Waals surface area contributed by atoms with Gasteiger partial charge in [0.1, 0.15) is 17.3 Å². The molecule has 2 aromatic heterocycles. The Morgan fingerprint density at radius 2 is 1.72 bits per heavy atom. The number of hydrogen-bond donors (Lipinski definition) is 4. The molecule has 1 saturated heterocycles. The van der Waals surface area contributed by atoms with Crippen molar-refractivity contribution in [2.45, 2.75) is 39.5 Å². The van der Waals surface area contributed by atoms with E-state index >= 15 is 0 Å². The van der Waals surface area contributed by atoms with E-state index in [1.807, 2.05) is 79.7 Å². The van der Waals surface area contributed by atoms with Crippen molar-refractivity contribution in [3.05, 3.63) is 120 Å². The van der Waals surface area contributed by atoms with Crippen LogP contribution < -0.4 is 30.7 Å². The van der Waals surface area contributed by atoms with Gasteiger partial charge in [0.15, 0.2) is 0 Å². The highest BCUT2D eigenvalue weighted by Crippen LogP contribution is 2.35. The summed E-state index contributed by atoms with van der Waals surface area (Å²) in [6.45, 7) is 12.7. The molecule has 5 aromatic rings. The number of methoxy groups -OCH3 is 1. The lowest BCUT2D eigenvalue weighted by Gasteiger charge is -2.26. The molecular formula is C44H49N9O5. The number of nitrogens with zero attached hydrogens (tertiary/aromatic N) is 5. The molecular weight excluding hydrogens is 735 g/mol. The second-order valence-electron chi connectivity index (χ2n) is 15.0. The molecule has 1 fully saturated rings. The quantitative estimate of drug-likeness (QED) is 0.0995. The third-order valence-electron chi connectivity index (χ3n) is 9.81. The minimum Gasteiger partial charge on any atom is -0.497 e. The van der Waals surface area contributed by atoms with Gasteiger partial charge in [0.2, 0.25) is 17.7 Å². The summed E-state index contributed by atoms with van der Waals surface area (Å²) in [4.78, 5) is 38.1. The van der Waals surface area contributed by atoms with Crippen LogP contribution >= 0.6 is 0 Å². The van der Waals surface area contributed by atoms with Crippen LogP contribution in [0.2, 0.25) is 0 Å². The van der Waals surface area contributed by atoms with Gasteiger partial charge in [-0.2, -0.15) is 10.1 Å². The molecule has 300 valence electrons. The fourth-order valence-electron chi connectivity index (χ4n) is 6.62. The largest absolute Gasteiger partial charge is 0.497 e. The van der Waals surface area contributed by atoms with Crippen molar-refractivity contribution in [3.63, 3.8) is 0 Å². The summed E-state index contributed by atoms with van der Waals surface area (Å²) in [5, 5.41) is 18.7. The maximum Gasteiger partial charge on any atom is 0.324 e. The Kier molecular flexibility index (Phi) is 12.1. The number of carbonyl (C=O) groups is 2. The molecule has 4 N–H and O–H groups in total. The van der Waals surface area contributed by atoms with Crippen molar-refractivity contribution in [1.82, 2.24) is 30.0 Å². The van der Waals surface area contributed by atoms with Gasteiger partial charge >= 0.3 is 6.03 Å². The van der Waals surface area contributed by atoms with Gasteiger partial charge in [0.25, 0.3) is 0 Å². The van der Waals surface area contributed by atoms with E-state index in [9.17, 15) is 9.59 Å². The van der Waals surface area contributed by atoms with Crippen molar-refractivity contribution in [1.29, 1.82) is 0 Å². The summed E-state index contributed by atoms with van der Waals surface area (Å²) in [5.74, 6) is 2.31. The number of aromatic nitrogens is 4. The van der Waals surface area contributed by atoms with E-state index < -0.39 is 6.03 Å². The standard InChI is InChI=1S/C44H49N9O5/c1-6-29-25-30(41(54)45-19-20-52-21-23-57-24-22-52)27-31(26-29)47-42-46-18-17-40(50-42)58-37-16-15-36(34-9-7-8-10-35(34)37)48-43(55)49-39-28-38(44(2,3)4)51-53(39)32-11-13-33(56-5)14-12-32/h6-18,26-28H,19-25H2,1-5H3,(H,45,54)(H,46,47,50)(H2,48,49,55). The number of urea groups is 1. The Labute approximate surface area is 338 Å². The van der Waals surface area contributed by atoms with E-state index in [4.69, 9.17) is 19.3 Å². The van der Waals surface area contributed by atoms with E-state index in [0.717, 1.165) is 66.3 Å². The first-order chi connectivity index (χ1) is 28.1. The van der Waals surface area contributed by atoms with E-state index in [-0.39, 0.29) is 11.3 Å². The molecule has 3 heterocycles. The van der Waals surface area contributed by atoms with Crippen molar-refractivity contribution in [2.24, 2.45) is 0 Å². The van der Waals surface area contributed by atoms with Crippen LogP contribution in [0.4, 0.5) is 22.2 Å². The highest BCUT2D eigenvalue weighted by Gasteiger charge is 2.23. The summed E-state index contributed by atoms with van der Waals surface area (Å²) in [6, 6.07) is 21.8. The molecule has 3 aromatic carbocycles. The summed E-state index contributed by atoms with van der Waals surface area (Å²) in [7, 11) is 1.62. The number of hydrogen-bond acceptors (Lipinski definition) is 10. The molecule has 58 heavy (non-hydrogen) atoms. The van der Waals surface area contributed by atoms with E-state index in [1.54, 1.807) is 36.2 Å². The number of rotatable bonds is 12. The topological polar surface area (TPSA) is 157 Å². The Bertz CT molecular complexity index is 2370. The van der Waals surface area contributed by atoms with Gasteiger partial charge in [-0.05, 0) is 61.0 Å². The number of nitrogens with one attached hydrogen (secondary N) is 4. The lowest BCUT2D eigenvalue weighted by atomic mass is 9.92. The van der Waals surface area contributed by atoms with Crippen LogP contribution in [0.1, 0.15) is 39.8 Å². The van der Waals surface area contributed by atoms with Crippen LogP contribution in [0.3, 0.4) is 0 Å². The van der Waals surface area contributed by atoms with E-state index in [2.05, 4.69) is 56.9 Å². The number of amides is 3. The maximum absolute atomic E-state index is 13.6. The highest BCUT2D eigenvalue weighted by molar-refractivity contribution is 6.07. The minimum absolute atomic E-state index is 0.102. The van der Waals surface area contributed by atoms with Crippen molar-refractivity contribution >= 4 is 40.2 Å². The SMILES string of the molecule is CC=C1C=C(Nc2nccc(Oc3ccc(NC(=O)Nc4cc(C(C)(C)C)nn4-c4ccc(OC)cc4)c4ccccc34)n2)C=C(C(=O)NCCN2CCOCC2)C1. The smallest absolute Gasteiger partial charge is 0.324 e. The van der Waals surface area contributed by atoms with Crippen LogP contribution in [-0.4, -0.2) is 83.1 Å². The second kappa shape index (κ2) is 17.7. The Morgan fingerprint density at radius 3 is 2.47 bits per heavy atom. The maximum atomic E-state index is 13.6. The predicted octanol–water partition coefficient (Wildman–Crippen LogP) is 7.58. The van der Waals surface area contributed by atoms with Gasteiger partial charge in [-0.1, -0.05) is 51.1 Å². The van der Waals surface area contributed by atoms with Crippen LogP contribution in [0, 0.1) is 0 Å². The van der Waals surface area contributed by atoms with E-state index in [1.165, 1.54) is 0 Å². The molecule has 0 radical (unpaired) electrons. The summed E-state index contributed by atoms with van der Waals surface area (Å²) >= 11 is 0. The monoisotopic (exact) mass is 783 g/mol. The first-order valence-electron chi connectivity index (χ1n) is 19.3. The van der Waals surface area contributed by atoms with Gasteiger partial charge in [-0.15, -0.1) is 0 Å². The van der Waals surface area contributed by atoms with Crippen LogP contribution in [0.5, 0.6) is 17.4 Å². The molecule has 1 aliphatic carbocycles. The van der Waals surface area contributed by atoms with Crippen molar-refractivity contribution < 1.29 is 23.8 Å². The van der Waals surface area contributed by atoms with Gasteiger partial charge < -0.3 is 30.2 Å². The van der Waals surface area contributed by atoms with Crippen LogP contribution in [-0.2, 0) is 14.9 Å².